The number of ether oxygens (including phenoxy) is 2. The zero-order valence-electron chi connectivity index (χ0n) is 14.4. The zero-order valence-corrected chi connectivity index (χ0v) is 14.4. The number of anilines is 1. The van der Waals surface area contributed by atoms with E-state index < -0.39 is 36.0 Å². The fourth-order valence-electron chi connectivity index (χ4n) is 1.90. The number of amides is 2. The van der Waals surface area contributed by atoms with E-state index in [9.17, 15) is 32.3 Å². The van der Waals surface area contributed by atoms with E-state index in [1.54, 1.807) is 5.32 Å². The number of carbonyl (C=O) groups is 4. The quantitative estimate of drug-likeness (QED) is 0.681. The van der Waals surface area contributed by atoms with E-state index in [1.165, 1.54) is 7.11 Å². The van der Waals surface area contributed by atoms with E-state index in [0.29, 0.717) is 0 Å². The molecular formula is C16H17F3N2O6. The third-order valence-electron chi connectivity index (χ3n) is 3.32. The number of hydrogen-bond acceptors (Lipinski definition) is 6. The van der Waals surface area contributed by atoms with Crippen LogP contribution in [0.4, 0.5) is 18.9 Å². The van der Waals surface area contributed by atoms with Gasteiger partial charge in [0.25, 0.3) is 5.91 Å². The highest BCUT2D eigenvalue weighted by Crippen LogP contribution is 2.18. The molecule has 1 aromatic rings. The van der Waals surface area contributed by atoms with E-state index in [4.69, 9.17) is 0 Å². The standard InChI is InChI=1S/C16H17F3N2O6/c1-26-12(22)8-7-11(14(24)27-2)21-13(23)9-3-5-10(6-4-9)20-15(25)16(17,18)19/h3-6,11H,7-8H2,1-2H3,(H,20,25)(H,21,23). The molecule has 1 aromatic carbocycles. The monoisotopic (exact) mass is 390 g/mol. The number of esters is 2. The van der Waals surface area contributed by atoms with E-state index in [1.807, 2.05) is 0 Å². The van der Waals surface area contributed by atoms with Crippen LogP contribution < -0.4 is 10.6 Å². The third-order valence-corrected chi connectivity index (χ3v) is 3.32. The Balaban J connectivity index is 2.77. The SMILES string of the molecule is COC(=O)CCC(NC(=O)c1ccc(NC(=O)C(F)(F)F)cc1)C(=O)OC. The fraction of sp³-hybridized carbons (Fsp3) is 0.375. The lowest BCUT2D eigenvalue weighted by molar-refractivity contribution is -0.167. The molecule has 0 heterocycles. The fourth-order valence-corrected chi connectivity index (χ4v) is 1.90. The second kappa shape index (κ2) is 9.55. The van der Waals surface area contributed by atoms with Gasteiger partial charge in [-0.2, -0.15) is 13.2 Å². The van der Waals surface area contributed by atoms with Gasteiger partial charge in [-0.3, -0.25) is 14.4 Å². The van der Waals surface area contributed by atoms with Crippen LogP contribution in [0.5, 0.6) is 0 Å². The molecule has 27 heavy (non-hydrogen) atoms. The third kappa shape index (κ3) is 6.96. The van der Waals surface area contributed by atoms with Gasteiger partial charge in [-0.15, -0.1) is 0 Å². The van der Waals surface area contributed by atoms with E-state index in [2.05, 4.69) is 14.8 Å². The summed E-state index contributed by atoms with van der Waals surface area (Å²) in [5.74, 6) is -4.22. The average Bonchev–Trinajstić information content (AvgIpc) is 2.63. The van der Waals surface area contributed by atoms with Gasteiger partial charge in [0.2, 0.25) is 0 Å². The normalized spacial score (nSPS) is 11.9. The molecule has 11 heteroatoms. The summed E-state index contributed by atoms with van der Waals surface area (Å²) < 4.78 is 45.6. The summed E-state index contributed by atoms with van der Waals surface area (Å²) in [7, 11) is 2.28. The van der Waals surface area contributed by atoms with Crippen molar-refractivity contribution >= 4 is 29.4 Å². The van der Waals surface area contributed by atoms with Crippen LogP contribution in [-0.4, -0.2) is 50.2 Å². The highest BCUT2D eigenvalue weighted by atomic mass is 19.4. The van der Waals surface area contributed by atoms with Gasteiger partial charge in [-0.05, 0) is 30.7 Å². The van der Waals surface area contributed by atoms with Crippen LogP contribution in [0.15, 0.2) is 24.3 Å². The minimum Gasteiger partial charge on any atom is -0.469 e. The molecule has 0 spiro atoms. The first-order valence-electron chi connectivity index (χ1n) is 7.52. The maximum Gasteiger partial charge on any atom is 0.471 e. The van der Waals surface area contributed by atoms with Crippen LogP contribution in [-0.2, 0) is 23.9 Å². The number of carbonyl (C=O) groups excluding carboxylic acids is 4. The maximum atomic E-state index is 12.2. The second-order valence-electron chi connectivity index (χ2n) is 5.19. The van der Waals surface area contributed by atoms with E-state index in [0.717, 1.165) is 31.4 Å². The Labute approximate surface area is 152 Å². The summed E-state index contributed by atoms with van der Waals surface area (Å²) in [5.41, 5.74) is -0.143. The first-order valence-corrected chi connectivity index (χ1v) is 7.52. The average molecular weight is 390 g/mol. The van der Waals surface area contributed by atoms with Crippen molar-refractivity contribution in [2.45, 2.75) is 25.1 Å². The minimum atomic E-state index is -5.04. The predicted octanol–water partition coefficient (Wildman–Crippen LogP) is 1.41. The molecule has 148 valence electrons. The maximum absolute atomic E-state index is 12.2. The van der Waals surface area contributed by atoms with Crippen molar-refractivity contribution in [2.24, 2.45) is 0 Å². The zero-order chi connectivity index (χ0) is 20.6. The largest absolute Gasteiger partial charge is 0.471 e. The number of halogens is 3. The molecule has 0 bridgehead atoms. The molecule has 8 nitrogen and oxygen atoms in total. The molecular weight excluding hydrogens is 373 g/mol. The van der Waals surface area contributed by atoms with Gasteiger partial charge in [-0.1, -0.05) is 0 Å². The summed E-state index contributed by atoms with van der Waals surface area (Å²) in [6, 6.07) is 3.40. The molecule has 0 aromatic heterocycles. The van der Waals surface area contributed by atoms with E-state index >= 15 is 0 Å². The Bertz CT molecular complexity index is 703. The predicted molar refractivity (Wildman–Crippen MR) is 85.6 cm³/mol. The molecule has 0 saturated carbocycles. The van der Waals surface area contributed by atoms with E-state index in [-0.39, 0.29) is 24.1 Å². The molecule has 0 fully saturated rings. The molecule has 0 aliphatic carbocycles. The lowest BCUT2D eigenvalue weighted by Gasteiger charge is -2.16. The topological polar surface area (TPSA) is 111 Å². The van der Waals surface area contributed by atoms with Crippen LogP contribution >= 0.6 is 0 Å². The van der Waals surface area contributed by atoms with Crippen molar-refractivity contribution in [1.82, 2.24) is 5.32 Å². The molecule has 0 aliphatic heterocycles. The second-order valence-corrected chi connectivity index (χ2v) is 5.19. The molecule has 2 N–H and O–H groups in total. The summed E-state index contributed by atoms with van der Waals surface area (Å²) in [5, 5.41) is 3.99. The number of nitrogens with one attached hydrogen (secondary N) is 2. The summed E-state index contributed by atoms with van der Waals surface area (Å²) in [6.45, 7) is 0. The number of methoxy groups -OCH3 is 2. The van der Waals surface area contributed by atoms with Gasteiger partial charge in [0.15, 0.2) is 0 Å². The van der Waals surface area contributed by atoms with Gasteiger partial charge < -0.3 is 20.1 Å². The van der Waals surface area contributed by atoms with Crippen molar-refractivity contribution < 1.29 is 41.8 Å². The molecule has 0 saturated heterocycles. The van der Waals surface area contributed by atoms with Crippen LogP contribution in [0, 0.1) is 0 Å². The summed E-state index contributed by atoms with van der Waals surface area (Å²) in [4.78, 5) is 45.9. The minimum absolute atomic E-state index is 0.0204. The number of rotatable bonds is 7. The Kier molecular flexibility index (Phi) is 7.76. The summed E-state index contributed by atoms with van der Waals surface area (Å²) in [6.07, 6.45) is -5.24. The Morgan fingerprint density at radius 2 is 1.63 bits per heavy atom. The lowest BCUT2D eigenvalue weighted by atomic mass is 10.1. The molecule has 2 amide bonds. The smallest absolute Gasteiger partial charge is 0.469 e. The summed E-state index contributed by atoms with van der Waals surface area (Å²) >= 11 is 0. The van der Waals surface area contributed by atoms with Crippen molar-refractivity contribution in [3.8, 4) is 0 Å². The number of benzene rings is 1. The Morgan fingerprint density at radius 3 is 2.11 bits per heavy atom. The van der Waals surface area contributed by atoms with Gasteiger partial charge in [0.05, 0.1) is 14.2 Å². The highest BCUT2D eigenvalue weighted by molar-refractivity contribution is 5.98. The van der Waals surface area contributed by atoms with Gasteiger partial charge >= 0.3 is 24.0 Å². The number of alkyl halides is 3. The van der Waals surface area contributed by atoms with Crippen molar-refractivity contribution in [3.05, 3.63) is 29.8 Å². The lowest BCUT2D eigenvalue weighted by Crippen LogP contribution is -2.41. The Morgan fingerprint density at radius 1 is 1.04 bits per heavy atom. The van der Waals surface area contributed by atoms with Crippen LogP contribution in [0.25, 0.3) is 0 Å². The van der Waals surface area contributed by atoms with Crippen molar-refractivity contribution in [1.29, 1.82) is 0 Å². The highest BCUT2D eigenvalue weighted by Gasteiger charge is 2.38. The Hall–Kier alpha value is -3.11. The number of hydrogen-bond donors (Lipinski definition) is 2. The molecule has 0 aliphatic rings. The molecule has 0 radical (unpaired) electrons. The van der Waals surface area contributed by atoms with Crippen LogP contribution in [0.1, 0.15) is 23.2 Å². The van der Waals surface area contributed by atoms with Gasteiger partial charge in [0.1, 0.15) is 6.04 Å². The van der Waals surface area contributed by atoms with Crippen molar-refractivity contribution in [2.75, 3.05) is 19.5 Å². The first kappa shape index (κ1) is 21.9. The van der Waals surface area contributed by atoms with Crippen LogP contribution in [0.3, 0.4) is 0 Å². The molecule has 1 atom stereocenters. The van der Waals surface area contributed by atoms with Gasteiger partial charge in [0, 0.05) is 17.7 Å². The first-order chi connectivity index (χ1) is 12.6. The van der Waals surface area contributed by atoms with Crippen molar-refractivity contribution in [3.63, 3.8) is 0 Å². The molecule has 1 rings (SSSR count). The van der Waals surface area contributed by atoms with Gasteiger partial charge in [-0.25, -0.2) is 4.79 Å². The molecule has 1 unspecified atom stereocenters. The van der Waals surface area contributed by atoms with Crippen LogP contribution in [0.2, 0.25) is 0 Å².